The van der Waals surface area contributed by atoms with Gasteiger partial charge in [0.2, 0.25) is 12.3 Å². The highest BCUT2D eigenvalue weighted by Gasteiger charge is 2.20. The fourth-order valence-electron chi connectivity index (χ4n) is 3.20. The molecule has 2 aromatic rings. The van der Waals surface area contributed by atoms with Crippen LogP contribution in [0.25, 0.3) is 11.1 Å². The fourth-order valence-corrected chi connectivity index (χ4v) is 3.20. The Morgan fingerprint density at radius 2 is 1.77 bits per heavy atom. The smallest absolute Gasteiger partial charge is 0.252 e. The van der Waals surface area contributed by atoms with Gasteiger partial charge in [0.05, 0.1) is 19.1 Å². The third-order valence-electron chi connectivity index (χ3n) is 4.87. The number of nitrogens with zero attached hydrogens (tertiary/aromatic N) is 1. The predicted octanol–water partition coefficient (Wildman–Crippen LogP) is 2.91. The number of hydrogen-bond donors (Lipinski definition) is 4. The van der Waals surface area contributed by atoms with Crippen LogP contribution in [0, 0.1) is 5.92 Å². The zero-order valence-electron chi connectivity index (χ0n) is 17.6. The topological polar surface area (TPSA) is 119 Å². The SMILES string of the molecule is CCCCC[C@H](CN(O)C=O)C(=O)NCNC(=O)c1cccc(-c2cccc(O)c2)c1. The van der Waals surface area contributed by atoms with Crippen molar-refractivity contribution in [3.05, 3.63) is 54.1 Å². The third kappa shape index (κ3) is 7.75. The maximum Gasteiger partial charge on any atom is 0.252 e. The molecule has 0 heterocycles. The zero-order chi connectivity index (χ0) is 22.6. The first-order chi connectivity index (χ1) is 14.9. The van der Waals surface area contributed by atoms with Crippen LogP contribution in [-0.4, -0.2) is 46.8 Å². The molecule has 0 unspecified atom stereocenters. The number of phenols is 1. The van der Waals surface area contributed by atoms with Crippen molar-refractivity contribution in [2.45, 2.75) is 32.6 Å². The number of carbonyl (C=O) groups is 3. The van der Waals surface area contributed by atoms with Crippen molar-refractivity contribution in [3.8, 4) is 16.9 Å². The highest BCUT2D eigenvalue weighted by molar-refractivity contribution is 5.95. The fraction of sp³-hybridized carbons (Fsp3) is 0.348. The van der Waals surface area contributed by atoms with E-state index in [4.69, 9.17) is 0 Å². The molecule has 0 saturated carbocycles. The summed E-state index contributed by atoms with van der Waals surface area (Å²) in [5.41, 5.74) is 1.97. The number of hydroxylamine groups is 2. The highest BCUT2D eigenvalue weighted by Crippen LogP contribution is 2.24. The van der Waals surface area contributed by atoms with Gasteiger partial charge in [-0.2, -0.15) is 0 Å². The number of carbonyl (C=O) groups excluding carboxylic acids is 3. The molecular weight excluding hydrogens is 398 g/mol. The summed E-state index contributed by atoms with van der Waals surface area (Å²) in [4.78, 5) is 35.6. The molecular formula is C23H29N3O5. The van der Waals surface area contributed by atoms with Crippen LogP contribution in [0.5, 0.6) is 5.75 Å². The molecule has 1 atom stereocenters. The minimum atomic E-state index is -0.562. The summed E-state index contributed by atoms with van der Waals surface area (Å²) >= 11 is 0. The van der Waals surface area contributed by atoms with Gasteiger partial charge >= 0.3 is 0 Å². The van der Waals surface area contributed by atoms with E-state index in [1.165, 1.54) is 0 Å². The molecule has 0 saturated heterocycles. The normalized spacial score (nSPS) is 11.4. The first-order valence-electron chi connectivity index (χ1n) is 10.3. The van der Waals surface area contributed by atoms with Crippen LogP contribution >= 0.6 is 0 Å². The Balaban J connectivity index is 1.93. The van der Waals surface area contributed by atoms with Crippen LogP contribution in [0.1, 0.15) is 43.0 Å². The molecule has 0 spiro atoms. The summed E-state index contributed by atoms with van der Waals surface area (Å²) in [7, 11) is 0. The van der Waals surface area contributed by atoms with Gasteiger partial charge in [0.25, 0.3) is 5.91 Å². The van der Waals surface area contributed by atoms with Crippen molar-refractivity contribution >= 4 is 18.2 Å². The lowest BCUT2D eigenvalue weighted by molar-refractivity contribution is -0.154. The van der Waals surface area contributed by atoms with Gasteiger partial charge in [-0.1, -0.05) is 50.5 Å². The predicted molar refractivity (Wildman–Crippen MR) is 116 cm³/mol. The number of rotatable bonds is 12. The van der Waals surface area contributed by atoms with E-state index in [2.05, 4.69) is 10.6 Å². The van der Waals surface area contributed by atoms with Crippen LogP contribution < -0.4 is 10.6 Å². The first kappa shape index (κ1) is 23.9. The van der Waals surface area contributed by atoms with Gasteiger partial charge in [-0.05, 0) is 41.8 Å². The number of amides is 3. The lowest BCUT2D eigenvalue weighted by Gasteiger charge is -2.19. The first-order valence-corrected chi connectivity index (χ1v) is 10.3. The molecule has 0 aliphatic carbocycles. The van der Waals surface area contributed by atoms with Crippen molar-refractivity contribution in [3.63, 3.8) is 0 Å². The minimum absolute atomic E-state index is 0.0786. The average molecular weight is 428 g/mol. The Bertz CT molecular complexity index is 887. The van der Waals surface area contributed by atoms with Crippen molar-refractivity contribution in [1.29, 1.82) is 0 Å². The molecule has 2 aromatic carbocycles. The summed E-state index contributed by atoms with van der Waals surface area (Å²) in [5.74, 6) is -1.13. The maximum absolute atomic E-state index is 12.5. The summed E-state index contributed by atoms with van der Waals surface area (Å²) in [6, 6.07) is 13.7. The van der Waals surface area contributed by atoms with Gasteiger partial charge in [0, 0.05) is 5.56 Å². The monoisotopic (exact) mass is 427 g/mol. The van der Waals surface area contributed by atoms with Crippen molar-refractivity contribution in [1.82, 2.24) is 15.7 Å². The van der Waals surface area contributed by atoms with E-state index >= 15 is 0 Å². The van der Waals surface area contributed by atoms with Crippen molar-refractivity contribution in [2.24, 2.45) is 5.92 Å². The maximum atomic E-state index is 12.5. The molecule has 0 aromatic heterocycles. The number of hydrogen-bond acceptors (Lipinski definition) is 5. The molecule has 0 fully saturated rings. The highest BCUT2D eigenvalue weighted by atomic mass is 16.5. The van der Waals surface area contributed by atoms with E-state index < -0.39 is 5.92 Å². The van der Waals surface area contributed by atoms with Crippen molar-refractivity contribution < 1.29 is 24.7 Å². The average Bonchev–Trinajstić information content (AvgIpc) is 2.78. The Labute approximate surface area is 181 Å². The van der Waals surface area contributed by atoms with E-state index in [9.17, 15) is 24.7 Å². The van der Waals surface area contributed by atoms with Gasteiger partial charge in [0.1, 0.15) is 5.75 Å². The molecule has 31 heavy (non-hydrogen) atoms. The molecule has 3 amide bonds. The zero-order valence-corrected chi connectivity index (χ0v) is 17.6. The third-order valence-corrected chi connectivity index (χ3v) is 4.87. The Morgan fingerprint density at radius 1 is 1.06 bits per heavy atom. The summed E-state index contributed by atoms with van der Waals surface area (Å²) in [6.45, 7) is 1.87. The molecule has 0 aliphatic heterocycles. The summed E-state index contributed by atoms with van der Waals surface area (Å²) in [5, 5.41) is 24.8. The molecule has 8 nitrogen and oxygen atoms in total. The van der Waals surface area contributed by atoms with Crippen LogP contribution in [-0.2, 0) is 9.59 Å². The summed E-state index contributed by atoms with van der Waals surface area (Å²) < 4.78 is 0. The quantitative estimate of drug-likeness (QED) is 0.137. The lowest BCUT2D eigenvalue weighted by Crippen LogP contribution is -2.43. The molecule has 0 aliphatic rings. The van der Waals surface area contributed by atoms with E-state index in [0.29, 0.717) is 17.0 Å². The lowest BCUT2D eigenvalue weighted by atomic mass is 10.0. The van der Waals surface area contributed by atoms with Crippen LogP contribution in [0.15, 0.2) is 48.5 Å². The molecule has 4 N–H and O–H groups in total. The second-order valence-electron chi connectivity index (χ2n) is 7.27. The van der Waals surface area contributed by atoms with E-state index in [0.717, 1.165) is 30.4 Å². The van der Waals surface area contributed by atoms with Gasteiger partial charge in [0.15, 0.2) is 0 Å². The molecule has 2 rings (SSSR count). The van der Waals surface area contributed by atoms with E-state index in [-0.39, 0.29) is 37.2 Å². The van der Waals surface area contributed by atoms with Crippen LogP contribution in [0.2, 0.25) is 0 Å². The Kier molecular flexibility index (Phi) is 9.51. The molecule has 166 valence electrons. The van der Waals surface area contributed by atoms with Gasteiger partial charge in [-0.25, -0.2) is 5.06 Å². The van der Waals surface area contributed by atoms with Crippen LogP contribution in [0.4, 0.5) is 0 Å². The van der Waals surface area contributed by atoms with Gasteiger partial charge < -0.3 is 15.7 Å². The van der Waals surface area contributed by atoms with Gasteiger partial charge in [-0.15, -0.1) is 0 Å². The largest absolute Gasteiger partial charge is 0.508 e. The second-order valence-corrected chi connectivity index (χ2v) is 7.27. The number of nitrogens with one attached hydrogen (secondary N) is 2. The van der Waals surface area contributed by atoms with Crippen molar-refractivity contribution in [2.75, 3.05) is 13.2 Å². The standard InChI is InChI=1S/C23H29N3O5/c1-2-3-4-7-20(14-26(31)16-27)23(30)25-15-24-22(29)19-10-5-8-17(12-19)18-9-6-11-21(28)13-18/h5-6,8-13,16,20,28,31H,2-4,7,14-15H2,1H3,(H,24,29)(H,25,30)/t20-/m1/s1. The minimum Gasteiger partial charge on any atom is -0.508 e. The second kappa shape index (κ2) is 12.3. The Hall–Kier alpha value is -3.39. The van der Waals surface area contributed by atoms with E-state index in [1.807, 2.05) is 19.1 Å². The molecule has 0 bridgehead atoms. The number of phenolic OH excluding ortho intramolecular Hbond substituents is 1. The summed E-state index contributed by atoms with van der Waals surface area (Å²) in [6.07, 6.45) is 3.53. The molecule has 8 heteroatoms. The van der Waals surface area contributed by atoms with Crippen LogP contribution in [0.3, 0.4) is 0 Å². The molecule has 0 radical (unpaired) electrons. The van der Waals surface area contributed by atoms with E-state index in [1.54, 1.807) is 36.4 Å². The Morgan fingerprint density at radius 3 is 2.45 bits per heavy atom. The number of benzene rings is 2. The number of unbranched alkanes of at least 4 members (excludes halogenated alkanes) is 2. The van der Waals surface area contributed by atoms with Gasteiger partial charge in [-0.3, -0.25) is 19.6 Å². The number of aromatic hydroxyl groups is 1.